The molecule has 5 N–H and O–H groups in total. The highest BCUT2D eigenvalue weighted by Crippen LogP contribution is 2.11. The Balaban J connectivity index is 2.34. The van der Waals surface area contributed by atoms with Gasteiger partial charge in [0.1, 0.15) is 5.82 Å². The van der Waals surface area contributed by atoms with Crippen LogP contribution in [-0.4, -0.2) is 27.2 Å². The number of amides is 1. The third kappa shape index (κ3) is 4.76. The van der Waals surface area contributed by atoms with Crippen LogP contribution in [0.2, 0.25) is 0 Å². The molecule has 118 valence electrons. The molecule has 1 atom stereocenters. The second-order valence-electron chi connectivity index (χ2n) is 4.97. The van der Waals surface area contributed by atoms with Gasteiger partial charge in [-0.25, -0.2) is 9.19 Å². The predicted octanol–water partition coefficient (Wildman–Crippen LogP) is 0.637. The van der Waals surface area contributed by atoms with E-state index in [0.717, 1.165) is 0 Å². The third-order valence-corrected chi connectivity index (χ3v) is 3.33. The van der Waals surface area contributed by atoms with E-state index in [-0.39, 0.29) is 11.4 Å². The van der Waals surface area contributed by atoms with Gasteiger partial charge in [0, 0.05) is 33.4 Å². The van der Waals surface area contributed by atoms with Crippen molar-refractivity contribution >= 4 is 33.0 Å². The number of nitrogens with two attached hydrogens (primary N) is 2. The van der Waals surface area contributed by atoms with Crippen LogP contribution in [0.15, 0.2) is 36.5 Å². The zero-order chi connectivity index (χ0) is 17.0. The average molecular weight is 328 g/mol. The van der Waals surface area contributed by atoms with E-state index in [1.165, 1.54) is 18.5 Å². The van der Waals surface area contributed by atoms with Gasteiger partial charge >= 0.3 is 0 Å². The maximum absolute atomic E-state index is 12.0. The molecule has 1 heterocycles. The zero-order valence-corrected chi connectivity index (χ0v) is 13.3. The van der Waals surface area contributed by atoms with Crippen LogP contribution in [0.4, 0.5) is 11.5 Å². The van der Waals surface area contributed by atoms with Crippen molar-refractivity contribution in [3.05, 3.63) is 53.2 Å². The Morgan fingerprint density at radius 2 is 2.04 bits per heavy atom. The van der Waals surface area contributed by atoms with Crippen LogP contribution in [0.1, 0.15) is 21.5 Å². The maximum atomic E-state index is 12.0. The first kappa shape index (κ1) is 16.4. The van der Waals surface area contributed by atoms with Crippen molar-refractivity contribution in [3.8, 4) is 11.8 Å². The first-order valence-electron chi connectivity index (χ1n) is 6.52. The van der Waals surface area contributed by atoms with E-state index in [9.17, 15) is 9.00 Å². The molecular weight excluding hydrogens is 312 g/mol. The summed E-state index contributed by atoms with van der Waals surface area (Å²) in [4.78, 5) is 15.9. The standard InChI is InChI=1S/C16H16N4O2S/c1-23(2,22)20-16(21)13-9-12(15(18)19-10-13)7-6-11-4-3-5-14(17)8-11/h3-5,8-10H,1,17H2,2H3,(H2,18,19)(H,20,21,22). The Hall–Kier alpha value is -2.98. The number of aromatic nitrogens is 1. The van der Waals surface area contributed by atoms with Crippen molar-refractivity contribution in [1.82, 2.24) is 9.71 Å². The van der Waals surface area contributed by atoms with Crippen molar-refractivity contribution in [2.75, 3.05) is 17.7 Å². The van der Waals surface area contributed by atoms with Gasteiger partial charge < -0.3 is 11.5 Å². The lowest BCUT2D eigenvalue weighted by Crippen LogP contribution is -2.29. The average Bonchev–Trinajstić information content (AvgIpc) is 2.44. The molecular formula is C16H16N4O2S. The predicted molar refractivity (Wildman–Crippen MR) is 94.1 cm³/mol. The molecule has 1 unspecified atom stereocenters. The topological polar surface area (TPSA) is 111 Å². The van der Waals surface area contributed by atoms with Crippen LogP contribution in [-0.2, 0) is 9.71 Å². The van der Waals surface area contributed by atoms with Crippen LogP contribution in [0.25, 0.3) is 0 Å². The Morgan fingerprint density at radius 3 is 2.70 bits per heavy atom. The quantitative estimate of drug-likeness (QED) is 0.425. The molecule has 7 heteroatoms. The number of nitrogens with one attached hydrogen (secondary N) is 1. The fraction of sp³-hybridized carbons (Fsp3) is 0.0625. The largest absolute Gasteiger partial charge is 0.399 e. The molecule has 0 saturated heterocycles. The van der Waals surface area contributed by atoms with Gasteiger partial charge in [0.2, 0.25) is 0 Å². The Morgan fingerprint density at radius 1 is 1.30 bits per heavy atom. The number of rotatable bonds is 2. The third-order valence-electron chi connectivity index (χ3n) is 2.72. The van der Waals surface area contributed by atoms with Gasteiger partial charge in [-0.2, -0.15) is 0 Å². The Kier molecular flexibility index (Phi) is 4.57. The number of hydrogen-bond donors (Lipinski definition) is 3. The van der Waals surface area contributed by atoms with Gasteiger partial charge in [-0.3, -0.25) is 9.52 Å². The molecule has 0 saturated carbocycles. The minimum Gasteiger partial charge on any atom is -0.399 e. The number of carbonyl (C=O) groups is 1. The fourth-order valence-electron chi connectivity index (χ4n) is 1.71. The lowest BCUT2D eigenvalue weighted by atomic mass is 10.1. The normalized spacial score (nSPS) is 12.6. The molecule has 0 aliphatic heterocycles. The molecule has 1 aromatic carbocycles. The van der Waals surface area contributed by atoms with E-state index >= 15 is 0 Å². The lowest BCUT2D eigenvalue weighted by Gasteiger charge is -2.06. The number of carbonyl (C=O) groups excluding carboxylic acids is 1. The molecule has 23 heavy (non-hydrogen) atoms. The number of anilines is 2. The summed E-state index contributed by atoms with van der Waals surface area (Å²) in [7, 11) is -2.66. The smallest absolute Gasteiger partial charge is 0.264 e. The summed E-state index contributed by atoms with van der Waals surface area (Å²) >= 11 is 0. The molecule has 0 aliphatic rings. The number of nitrogen functional groups attached to an aromatic ring is 2. The van der Waals surface area contributed by atoms with Crippen molar-refractivity contribution < 1.29 is 9.00 Å². The molecule has 0 spiro atoms. The Bertz CT molecular complexity index is 925. The highest BCUT2D eigenvalue weighted by molar-refractivity contribution is 7.98. The van der Waals surface area contributed by atoms with Crippen LogP contribution in [0.5, 0.6) is 0 Å². The first-order chi connectivity index (χ1) is 10.7. The lowest BCUT2D eigenvalue weighted by molar-refractivity contribution is 0.0982. The molecule has 0 radical (unpaired) electrons. The van der Waals surface area contributed by atoms with Crippen LogP contribution < -0.4 is 16.2 Å². The van der Waals surface area contributed by atoms with Crippen LogP contribution in [0, 0.1) is 11.8 Å². The van der Waals surface area contributed by atoms with Gasteiger partial charge in [-0.1, -0.05) is 17.9 Å². The number of hydrogen-bond acceptors (Lipinski definition) is 5. The summed E-state index contributed by atoms with van der Waals surface area (Å²) < 4.78 is 13.8. The van der Waals surface area contributed by atoms with Gasteiger partial charge in [-0.15, -0.1) is 0 Å². The molecule has 2 rings (SSSR count). The minimum atomic E-state index is -2.66. The van der Waals surface area contributed by atoms with Crippen molar-refractivity contribution in [2.24, 2.45) is 0 Å². The van der Waals surface area contributed by atoms with Gasteiger partial charge in [0.15, 0.2) is 0 Å². The summed E-state index contributed by atoms with van der Waals surface area (Å²) in [6.45, 7) is 0. The van der Waals surface area contributed by atoms with Crippen molar-refractivity contribution in [3.63, 3.8) is 0 Å². The van der Waals surface area contributed by atoms with E-state index in [2.05, 4.69) is 27.4 Å². The zero-order valence-electron chi connectivity index (χ0n) is 12.5. The second-order valence-corrected chi connectivity index (χ2v) is 7.18. The number of pyridine rings is 1. The van der Waals surface area contributed by atoms with Gasteiger partial charge in [0.05, 0.1) is 11.1 Å². The SMILES string of the molecule is C=S(C)(=O)NC(=O)c1cnc(N)c(C#Cc2cccc(N)c2)c1. The maximum Gasteiger partial charge on any atom is 0.264 e. The molecule has 0 bridgehead atoms. The summed E-state index contributed by atoms with van der Waals surface area (Å²) in [5, 5.41) is 0. The summed E-state index contributed by atoms with van der Waals surface area (Å²) in [5.74, 6) is 8.78. The number of benzene rings is 1. The highest BCUT2D eigenvalue weighted by Gasteiger charge is 2.10. The fourth-order valence-corrected chi connectivity index (χ4v) is 2.22. The summed E-state index contributed by atoms with van der Waals surface area (Å²) in [5.41, 5.74) is 13.4. The summed E-state index contributed by atoms with van der Waals surface area (Å²) in [6.07, 6.45) is 2.62. The minimum absolute atomic E-state index is 0.199. The van der Waals surface area contributed by atoms with E-state index in [4.69, 9.17) is 11.5 Å². The van der Waals surface area contributed by atoms with Crippen molar-refractivity contribution in [2.45, 2.75) is 0 Å². The monoisotopic (exact) mass is 328 g/mol. The van der Waals surface area contributed by atoms with Crippen LogP contribution in [0.3, 0.4) is 0 Å². The first-order valence-corrected chi connectivity index (χ1v) is 8.65. The van der Waals surface area contributed by atoms with Gasteiger partial charge in [0.25, 0.3) is 5.91 Å². The van der Waals surface area contributed by atoms with E-state index < -0.39 is 15.6 Å². The second kappa shape index (κ2) is 6.42. The van der Waals surface area contributed by atoms with E-state index in [1.54, 1.807) is 24.3 Å². The summed E-state index contributed by atoms with van der Waals surface area (Å²) in [6, 6.07) is 8.56. The molecule has 1 aromatic heterocycles. The van der Waals surface area contributed by atoms with Gasteiger partial charge in [-0.05, 0) is 30.1 Å². The highest BCUT2D eigenvalue weighted by atomic mass is 32.2. The van der Waals surface area contributed by atoms with E-state index in [1.807, 2.05) is 0 Å². The molecule has 0 fully saturated rings. The van der Waals surface area contributed by atoms with Crippen LogP contribution >= 0.6 is 0 Å². The molecule has 6 nitrogen and oxygen atoms in total. The van der Waals surface area contributed by atoms with Crippen molar-refractivity contribution in [1.29, 1.82) is 0 Å². The Labute approximate surface area is 135 Å². The molecule has 1 amide bonds. The molecule has 0 aliphatic carbocycles. The molecule has 2 aromatic rings. The van der Waals surface area contributed by atoms with E-state index in [0.29, 0.717) is 16.8 Å². The number of nitrogens with zero attached hydrogens (tertiary/aromatic N) is 1.